The second-order valence-corrected chi connectivity index (χ2v) is 7.66. The Morgan fingerprint density at radius 1 is 1.39 bits per heavy atom. The molecule has 0 radical (unpaired) electrons. The molecule has 0 saturated carbocycles. The first-order valence-corrected chi connectivity index (χ1v) is 9.51. The van der Waals surface area contributed by atoms with Crippen LogP contribution in [0.2, 0.25) is 10.0 Å². The van der Waals surface area contributed by atoms with E-state index in [0.29, 0.717) is 10.7 Å². The van der Waals surface area contributed by atoms with Gasteiger partial charge in [-0.1, -0.05) is 23.2 Å². The second-order valence-electron chi connectivity index (χ2n) is 4.31. The van der Waals surface area contributed by atoms with Crippen LogP contribution in [0.5, 0.6) is 0 Å². The van der Waals surface area contributed by atoms with Gasteiger partial charge in [-0.2, -0.15) is 0 Å². The van der Waals surface area contributed by atoms with Gasteiger partial charge in [0.15, 0.2) is 5.13 Å². The van der Waals surface area contributed by atoms with Gasteiger partial charge >= 0.3 is 5.97 Å². The van der Waals surface area contributed by atoms with Crippen molar-refractivity contribution in [2.45, 2.75) is 18.2 Å². The molecule has 1 heterocycles. The van der Waals surface area contributed by atoms with Crippen LogP contribution in [0, 0.1) is 0 Å². The van der Waals surface area contributed by atoms with Gasteiger partial charge in [0, 0.05) is 10.4 Å². The molecule has 1 N–H and O–H groups in total. The number of halogens is 2. The average Bonchev–Trinajstić information content (AvgIpc) is 2.84. The van der Waals surface area contributed by atoms with Crippen LogP contribution >= 0.6 is 34.5 Å². The number of sulfonamides is 1. The first kappa shape index (κ1) is 18.0. The van der Waals surface area contributed by atoms with E-state index in [1.165, 1.54) is 18.2 Å². The van der Waals surface area contributed by atoms with Crippen molar-refractivity contribution < 1.29 is 17.9 Å². The average molecular weight is 395 g/mol. The maximum atomic E-state index is 12.3. The lowest BCUT2D eigenvalue weighted by molar-refractivity contribution is -0.142. The van der Waals surface area contributed by atoms with Crippen LogP contribution in [0.1, 0.15) is 12.6 Å². The molecule has 0 aliphatic rings. The summed E-state index contributed by atoms with van der Waals surface area (Å²) in [5.74, 6) is -0.423. The highest BCUT2D eigenvalue weighted by Crippen LogP contribution is 2.27. The van der Waals surface area contributed by atoms with E-state index in [4.69, 9.17) is 27.9 Å². The lowest BCUT2D eigenvalue weighted by Crippen LogP contribution is -2.13. The smallest absolute Gasteiger partial charge is 0.311 e. The van der Waals surface area contributed by atoms with Gasteiger partial charge in [0.1, 0.15) is 4.90 Å². The van der Waals surface area contributed by atoms with Crippen molar-refractivity contribution in [1.82, 2.24) is 4.98 Å². The van der Waals surface area contributed by atoms with Crippen LogP contribution in [0.25, 0.3) is 0 Å². The number of aromatic nitrogens is 1. The molecule has 2 aromatic rings. The Bertz CT molecular complexity index is 821. The number of ether oxygens (including phenoxy) is 1. The quantitative estimate of drug-likeness (QED) is 0.759. The summed E-state index contributed by atoms with van der Waals surface area (Å²) in [6.07, 6.45) is -0.0201. The third kappa shape index (κ3) is 4.81. The summed E-state index contributed by atoms with van der Waals surface area (Å²) < 4.78 is 31.7. The highest BCUT2D eigenvalue weighted by atomic mass is 35.5. The van der Waals surface area contributed by atoms with E-state index >= 15 is 0 Å². The third-order valence-corrected chi connectivity index (χ3v) is 5.58. The lowest BCUT2D eigenvalue weighted by atomic mass is 10.3. The molecule has 0 bridgehead atoms. The first-order chi connectivity index (χ1) is 10.8. The Balaban J connectivity index is 2.15. The fourth-order valence-electron chi connectivity index (χ4n) is 1.66. The summed E-state index contributed by atoms with van der Waals surface area (Å²) in [5.41, 5.74) is 0.424. The molecule has 0 saturated heterocycles. The summed E-state index contributed by atoms with van der Waals surface area (Å²) in [6.45, 7) is 1.98. The lowest BCUT2D eigenvalue weighted by Gasteiger charge is -2.07. The number of carbonyl (C=O) groups is 1. The Hall–Kier alpha value is -1.35. The van der Waals surface area contributed by atoms with Gasteiger partial charge in [0.05, 0.1) is 23.7 Å². The van der Waals surface area contributed by atoms with Crippen molar-refractivity contribution >= 4 is 55.7 Å². The highest BCUT2D eigenvalue weighted by Gasteiger charge is 2.20. The van der Waals surface area contributed by atoms with E-state index in [-0.39, 0.29) is 28.1 Å². The Morgan fingerprint density at radius 2 is 2.13 bits per heavy atom. The standard InChI is InChI=1S/C13H12Cl2N2O4S2/c1-2-21-12(18)6-9-7-22-13(16-9)17-23(19,20)11-4-3-8(14)5-10(11)15/h3-5,7H,2,6H2,1H3,(H,16,17). The normalized spacial score (nSPS) is 11.3. The van der Waals surface area contributed by atoms with Crippen LogP contribution in [0.4, 0.5) is 5.13 Å². The maximum Gasteiger partial charge on any atom is 0.311 e. The van der Waals surface area contributed by atoms with E-state index in [1.807, 2.05) is 0 Å². The van der Waals surface area contributed by atoms with Crippen molar-refractivity contribution in [2.75, 3.05) is 11.3 Å². The summed E-state index contributed by atoms with van der Waals surface area (Å²) >= 11 is 12.7. The number of hydrogen-bond donors (Lipinski definition) is 1. The molecule has 124 valence electrons. The van der Waals surface area contributed by atoms with Gasteiger partial charge in [-0.25, -0.2) is 13.4 Å². The number of nitrogens with one attached hydrogen (secondary N) is 1. The van der Waals surface area contributed by atoms with Crippen LogP contribution in [0.15, 0.2) is 28.5 Å². The van der Waals surface area contributed by atoms with Gasteiger partial charge in [0.25, 0.3) is 10.0 Å². The number of carbonyl (C=O) groups excluding carboxylic acids is 1. The van der Waals surface area contributed by atoms with Gasteiger partial charge in [-0.05, 0) is 25.1 Å². The summed E-state index contributed by atoms with van der Waals surface area (Å²) in [7, 11) is -3.89. The maximum absolute atomic E-state index is 12.3. The van der Waals surface area contributed by atoms with E-state index in [2.05, 4.69) is 9.71 Å². The van der Waals surface area contributed by atoms with E-state index in [9.17, 15) is 13.2 Å². The van der Waals surface area contributed by atoms with E-state index in [1.54, 1.807) is 12.3 Å². The van der Waals surface area contributed by atoms with Crippen molar-refractivity contribution in [1.29, 1.82) is 0 Å². The van der Waals surface area contributed by atoms with Crippen molar-refractivity contribution in [3.8, 4) is 0 Å². The SMILES string of the molecule is CCOC(=O)Cc1csc(NS(=O)(=O)c2ccc(Cl)cc2Cl)n1. The first-order valence-electron chi connectivity index (χ1n) is 6.39. The van der Waals surface area contributed by atoms with Crippen molar-refractivity contribution in [3.05, 3.63) is 39.3 Å². The number of hydrogen-bond acceptors (Lipinski definition) is 6. The van der Waals surface area contributed by atoms with Crippen LogP contribution < -0.4 is 4.72 Å². The molecule has 0 aliphatic carbocycles. The fourth-order valence-corrected chi connectivity index (χ4v) is 4.39. The second kappa shape index (κ2) is 7.48. The van der Waals surface area contributed by atoms with E-state index in [0.717, 1.165) is 11.3 Å². The number of thiazole rings is 1. The molecule has 23 heavy (non-hydrogen) atoms. The largest absolute Gasteiger partial charge is 0.466 e. The Labute approximate surface area is 147 Å². The van der Waals surface area contributed by atoms with E-state index < -0.39 is 16.0 Å². The topological polar surface area (TPSA) is 85.4 Å². The zero-order valence-corrected chi connectivity index (χ0v) is 15.0. The monoisotopic (exact) mass is 394 g/mol. The molecular weight excluding hydrogens is 383 g/mol. The number of esters is 1. The Morgan fingerprint density at radius 3 is 2.78 bits per heavy atom. The summed E-state index contributed by atoms with van der Waals surface area (Å²) in [6, 6.07) is 4.07. The highest BCUT2D eigenvalue weighted by molar-refractivity contribution is 7.93. The molecule has 0 fully saturated rings. The fraction of sp³-hybridized carbons (Fsp3) is 0.231. The molecule has 0 atom stereocenters. The van der Waals surface area contributed by atoms with Crippen LogP contribution in [0.3, 0.4) is 0 Å². The molecular formula is C13H12Cl2N2O4S2. The molecule has 0 spiro atoms. The van der Waals surface area contributed by atoms with Gasteiger partial charge < -0.3 is 4.74 Å². The number of anilines is 1. The zero-order valence-electron chi connectivity index (χ0n) is 11.9. The zero-order chi connectivity index (χ0) is 17.0. The van der Waals surface area contributed by atoms with Gasteiger partial charge in [-0.3, -0.25) is 9.52 Å². The molecule has 0 amide bonds. The minimum Gasteiger partial charge on any atom is -0.466 e. The summed E-state index contributed by atoms with van der Waals surface area (Å²) in [4.78, 5) is 15.3. The molecule has 6 nitrogen and oxygen atoms in total. The van der Waals surface area contributed by atoms with Crippen LogP contribution in [-0.2, 0) is 26.0 Å². The molecule has 1 aromatic carbocycles. The molecule has 0 aliphatic heterocycles. The number of benzene rings is 1. The molecule has 2 rings (SSSR count). The van der Waals surface area contributed by atoms with Crippen molar-refractivity contribution in [3.63, 3.8) is 0 Å². The number of rotatable bonds is 6. The minimum atomic E-state index is -3.89. The predicted molar refractivity (Wildman–Crippen MR) is 89.7 cm³/mol. The summed E-state index contributed by atoms with van der Waals surface area (Å²) in [5, 5.41) is 2.06. The third-order valence-electron chi connectivity index (χ3n) is 2.59. The van der Waals surface area contributed by atoms with Gasteiger partial charge in [0.2, 0.25) is 0 Å². The van der Waals surface area contributed by atoms with Crippen molar-refractivity contribution in [2.24, 2.45) is 0 Å². The molecule has 1 aromatic heterocycles. The van der Waals surface area contributed by atoms with Crippen LogP contribution in [-0.4, -0.2) is 26.0 Å². The Kier molecular flexibility index (Phi) is 5.85. The van der Waals surface area contributed by atoms with Gasteiger partial charge in [-0.15, -0.1) is 11.3 Å². The molecule has 10 heteroatoms. The molecule has 0 unspecified atom stereocenters. The minimum absolute atomic E-state index is 0.00769. The predicted octanol–water partition coefficient (Wildman–Crippen LogP) is 3.36. The number of nitrogens with zero attached hydrogens (tertiary/aromatic N) is 1.